The van der Waals surface area contributed by atoms with E-state index in [1.165, 1.54) is 12.1 Å². The van der Waals surface area contributed by atoms with Gasteiger partial charge in [-0.25, -0.2) is 0 Å². The van der Waals surface area contributed by atoms with Gasteiger partial charge in [0.2, 0.25) is 0 Å². The molecule has 30 heavy (non-hydrogen) atoms. The van der Waals surface area contributed by atoms with Gasteiger partial charge in [-0.3, -0.25) is 4.98 Å². The monoisotopic (exact) mass is 434 g/mol. The second kappa shape index (κ2) is 8.82. The van der Waals surface area contributed by atoms with Crippen LogP contribution in [0.15, 0.2) is 54.9 Å². The first-order valence-electron chi connectivity index (χ1n) is 9.98. The molecule has 0 atom stereocenters. The van der Waals surface area contributed by atoms with Crippen LogP contribution >= 0.6 is 11.6 Å². The molecule has 1 N–H and O–H groups in total. The number of hydrogen-bond acceptors (Lipinski definition) is 3. The van der Waals surface area contributed by atoms with Gasteiger partial charge in [0.05, 0.1) is 16.7 Å². The fraction of sp³-hybridized carbons (Fsp3) is 0.348. The van der Waals surface area contributed by atoms with E-state index >= 15 is 0 Å². The number of alkyl halides is 3. The smallest absolute Gasteiger partial charge is 0.416 e. The Labute approximate surface area is 178 Å². The third-order valence-corrected chi connectivity index (χ3v) is 5.83. The highest BCUT2D eigenvalue weighted by molar-refractivity contribution is 6.32. The number of ether oxygens (including phenoxy) is 1. The SMILES string of the molecule is FC(F)(F)c1ccc(CNC2CCC(Oc3cc4ccncc4cc3Cl)CC2)cc1. The maximum atomic E-state index is 12.7. The normalized spacial score (nSPS) is 19.7. The quantitative estimate of drug-likeness (QED) is 0.505. The van der Waals surface area contributed by atoms with Crippen LogP contribution in [0.5, 0.6) is 5.75 Å². The molecule has 1 aliphatic carbocycles. The lowest BCUT2D eigenvalue weighted by molar-refractivity contribution is -0.137. The summed E-state index contributed by atoms with van der Waals surface area (Å²) in [6.07, 6.45) is 3.01. The zero-order chi connectivity index (χ0) is 21.1. The first kappa shape index (κ1) is 20.9. The molecule has 3 aromatic rings. The molecule has 1 aliphatic rings. The van der Waals surface area contributed by atoms with Crippen LogP contribution in [0.1, 0.15) is 36.8 Å². The van der Waals surface area contributed by atoms with Crippen molar-refractivity contribution in [2.24, 2.45) is 0 Å². The zero-order valence-electron chi connectivity index (χ0n) is 16.3. The summed E-state index contributed by atoms with van der Waals surface area (Å²) < 4.78 is 44.1. The molecule has 1 saturated carbocycles. The number of rotatable bonds is 5. The molecule has 0 amide bonds. The Morgan fingerprint density at radius 3 is 2.43 bits per heavy atom. The van der Waals surface area contributed by atoms with E-state index < -0.39 is 11.7 Å². The summed E-state index contributed by atoms with van der Waals surface area (Å²) in [5.41, 5.74) is 0.228. The standard InChI is InChI=1S/C23H22ClF3N2O/c24-21-11-17-14-28-10-9-16(17)12-22(21)30-20-7-5-19(6-8-20)29-13-15-1-3-18(4-2-15)23(25,26)27/h1-4,9-12,14,19-20,29H,5-8,13H2. The van der Waals surface area contributed by atoms with Crippen molar-refractivity contribution in [2.45, 2.75) is 50.6 Å². The molecule has 1 fully saturated rings. The van der Waals surface area contributed by atoms with E-state index in [-0.39, 0.29) is 6.10 Å². The first-order valence-corrected chi connectivity index (χ1v) is 10.4. The van der Waals surface area contributed by atoms with Crippen LogP contribution < -0.4 is 10.1 Å². The highest BCUT2D eigenvalue weighted by Crippen LogP contribution is 2.33. The molecule has 0 bridgehead atoms. The van der Waals surface area contributed by atoms with E-state index in [1.54, 1.807) is 12.4 Å². The Hall–Kier alpha value is -2.31. The number of aromatic nitrogens is 1. The molecule has 0 saturated heterocycles. The summed E-state index contributed by atoms with van der Waals surface area (Å²) in [5.74, 6) is 0.691. The number of halogens is 4. The molecular weight excluding hydrogens is 413 g/mol. The number of hydrogen-bond donors (Lipinski definition) is 1. The number of nitrogens with one attached hydrogen (secondary N) is 1. The van der Waals surface area contributed by atoms with E-state index in [0.717, 1.165) is 54.2 Å². The van der Waals surface area contributed by atoms with E-state index in [2.05, 4.69) is 10.3 Å². The van der Waals surface area contributed by atoms with Crippen molar-refractivity contribution in [2.75, 3.05) is 0 Å². The van der Waals surface area contributed by atoms with Gasteiger partial charge in [0.15, 0.2) is 0 Å². The third-order valence-electron chi connectivity index (χ3n) is 5.54. The van der Waals surface area contributed by atoms with Crippen LogP contribution in [0, 0.1) is 0 Å². The van der Waals surface area contributed by atoms with Crippen molar-refractivity contribution in [3.8, 4) is 5.75 Å². The molecule has 4 rings (SSSR count). The molecule has 2 aromatic carbocycles. The van der Waals surface area contributed by atoms with Crippen LogP contribution in [0.3, 0.4) is 0 Å². The van der Waals surface area contributed by atoms with Gasteiger partial charge in [-0.1, -0.05) is 23.7 Å². The number of benzene rings is 2. The maximum absolute atomic E-state index is 12.7. The minimum absolute atomic E-state index is 0.103. The van der Waals surface area contributed by atoms with Gasteiger partial charge in [0, 0.05) is 30.4 Å². The van der Waals surface area contributed by atoms with Crippen molar-refractivity contribution in [1.82, 2.24) is 10.3 Å². The Morgan fingerprint density at radius 1 is 1.00 bits per heavy atom. The summed E-state index contributed by atoms with van der Waals surface area (Å²) in [7, 11) is 0. The largest absolute Gasteiger partial charge is 0.489 e. The van der Waals surface area contributed by atoms with Crippen molar-refractivity contribution >= 4 is 22.4 Å². The first-order chi connectivity index (χ1) is 14.4. The molecule has 0 radical (unpaired) electrons. The lowest BCUT2D eigenvalue weighted by Crippen LogP contribution is -2.36. The highest BCUT2D eigenvalue weighted by Gasteiger charge is 2.30. The lowest BCUT2D eigenvalue weighted by atomic mass is 9.92. The van der Waals surface area contributed by atoms with Crippen molar-refractivity contribution in [3.63, 3.8) is 0 Å². The Morgan fingerprint density at radius 2 is 1.73 bits per heavy atom. The molecule has 7 heteroatoms. The molecule has 0 aliphatic heterocycles. The molecule has 1 heterocycles. The fourth-order valence-electron chi connectivity index (χ4n) is 3.82. The Kier molecular flexibility index (Phi) is 6.16. The predicted octanol–water partition coefficient (Wildman–Crippen LogP) is 6.39. The third kappa shape index (κ3) is 5.05. The average Bonchev–Trinajstić information content (AvgIpc) is 2.73. The summed E-state index contributed by atoms with van der Waals surface area (Å²) in [4.78, 5) is 4.11. The van der Waals surface area contributed by atoms with E-state index in [4.69, 9.17) is 16.3 Å². The predicted molar refractivity (Wildman–Crippen MR) is 112 cm³/mol. The van der Waals surface area contributed by atoms with Gasteiger partial charge in [0.25, 0.3) is 0 Å². The second-order valence-corrected chi connectivity index (χ2v) is 8.08. The van der Waals surface area contributed by atoms with E-state index in [1.807, 2.05) is 18.2 Å². The molecule has 0 unspecified atom stereocenters. The van der Waals surface area contributed by atoms with Crippen molar-refractivity contribution in [1.29, 1.82) is 0 Å². The molecule has 3 nitrogen and oxygen atoms in total. The van der Waals surface area contributed by atoms with E-state index in [0.29, 0.717) is 23.4 Å². The lowest BCUT2D eigenvalue weighted by Gasteiger charge is -2.30. The van der Waals surface area contributed by atoms with Crippen LogP contribution in [-0.4, -0.2) is 17.1 Å². The van der Waals surface area contributed by atoms with Gasteiger partial charge in [0.1, 0.15) is 5.75 Å². The molecular formula is C23H22ClF3N2O. The zero-order valence-corrected chi connectivity index (χ0v) is 17.0. The van der Waals surface area contributed by atoms with Crippen LogP contribution in [-0.2, 0) is 12.7 Å². The molecule has 0 spiro atoms. The highest BCUT2D eigenvalue weighted by atomic mass is 35.5. The fourth-order valence-corrected chi connectivity index (χ4v) is 4.03. The minimum Gasteiger partial charge on any atom is -0.489 e. The van der Waals surface area contributed by atoms with Gasteiger partial charge < -0.3 is 10.1 Å². The van der Waals surface area contributed by atoms with Crippen LogP contribution in [0.25, 0.3) is 10.8 Å². The summed E-state index contributed by atoms with van der Waals surface area (Å²) in [6.45, 7) is 0.554. The average molecular weight is 435 g/mol. The number of fused-ring (bicyclic) bond motifs is 1. The molecule has 1 aromatic heterocycles. The summed E-state index contributed by atoms with van der Waals surface area (Å²) in [5, 5.41) is 6.04. The van der Waals surface area contributed by atoms with Crippen molar-refractivity contribution in [3.05, 3.63) is 71.0 Å². The molecule has 158 valence electrons. The Balaban J connectivity index is 1.28. The summed E-state index contributed by atoms with van der Waals surface area (Å²) in [6, 6.07) is 11.4. The summed E-state index contributed by atoms with van der Waals surface area (Å²) >= 11 is 6.37. The van der Waals surface area contributed by atoms with Crippen LogP contribution in [0.4, 0.5) is 13.2 Å². The van der Waals surface area contributed by atoms with Gasteiger partial charge in [-0.2, -0.15) is 13.2 Å². The topological polar surface area (TPSA) is 34.1 Å². The second-order valence-electron chi connectivity index (χ2n) is 7.67. The maximum Gasteiger partial charge on any atom is 0.416 e. The van der Waals surface area contributed by atoms with Gasteiger partial charge in [-0.15, -0.1) is 0 Å². The Bertz CT molecular complexity index is 999. The van der Waals surface area contributed by atoms with E-state index in [9.17, 15) is 13.2 Å². The van der Waals surface area contributed by atoms with Crippen LogP contribution in [0.2, 0.25) is 5.02 Å². The minimum atomic E-state index is -4.30. The number of pyridine rings is 1. The van der Waals surface area contributed by atoms with Gasteiger partial charge in [-0.05, 0) is 67.0 Å². The van der Waals surface area contributed by atoms with Crippen molar-refractivity contribution < 1.29 is 17.9 Å². The van der Waals surface area contributed by atoms with Gasteiger partial charge >= 0.3 is 6.18 Å². The number of nitrogens with zero attached hydrogens (tertiary/aromatic N) is 1.